The number of rotatable bonds is 6. The molecule has 2 heterocycles. The smallest absolute Gasteiger partial charge is 0.338 e. The largest absolute Gasteiger partial charge is 0.486 e. The van der Waals surface area contributed by atoms with Gasteiger partial charge in [-0.15, -0.1) is 0 Å². The van der Waals surface area contributed by atoms with Gasteiger partial charge in [0.2, 0.25) is 0 Å². The highest BCUT2D eigenvalue weighted by Gasteiger charge is 2.23. The van der Waals surface area contributed by atoms with Crippen molar-refractivity contribution < 1.29 is 32.2 Å². The number of hydrogen-bond donors (Lipinski definition) is 1. The molecule has 33 heavy (non-hydrogen) atoms. The topological polar surface area (TPSA) is 111 Å². The first kappa shape index (κ1) is 22.9. The molecule has 2 aromatic carbocycles. The molecule has 9 nitrogen and oxygen atoms in total. The molecule has 0 spiro atoms. The van der Waals surface area contributed by atoms with Crippen LogP contribution in [0.3, 0.4) is 0 Å². The zero-order chi connectivity index (χ0) is 23.4. The summed E-state index contributed by atoms with van der Waals surface area (Å²) >= 11 is 0. The molecule has 10 heteroatoms. The van der Waals surface area contributed by atoms with E-state index >= 15 is 0 Å². The van der Waals surface area contributed by atoms with E-state index in [1.165, 1.54) is 36.4 Å². The third kappa shape index (κ3) is 5.57. The average Bonchev–Trinajstić information content (AvgIpc) is 2.82. The third-order valence-corrected chi connectivity index (χ3v) is 6.91. The minimum Gasteiger partial charge on any atom is -0.486 e. The third-order valence-electron chi connectivity index (χ3n) is 5.53. The molecule has 2 aromatic rings. The Bertz CT molecular complexity index is 1130. The van der Waals surface area contributed by atoms with Crippen molar-refractivity contribution in [3.8, 4) is 11.5 Å². The van der Waals surface area contributed by atoms with Crippen LogP contribution in [-0.2, 0) is 19.6 Å². The van der Waals surface area contributed by atoms with Crippen LogP contribution in [0.5, 0.6) is 11.5 Å². The highest BCUT2D eigenvalue weighted by molar-refractivity contribution is 7.92. The number of piperidine rings is 1. The van der Waals surface area contributed by atoms with Gasteiger partial charge in [-0.1, -0.05) is 6.92 Å². The van der Waals surface area contributed by atoms with E-state index < -0.39 is 16.0 Å². The van der Waals surface area contributed by atoms with Gasteiger partial charge in [-0.2, -0.15) is 0 Å². The molecule has 0 radical (unpaired) electrons. The number of sulfonamides is 1. The van der Waals surface area contributed by atoms with Crippen LogP contribution in [0.15, 0.2) is 47.4 Å². The quantitative estimate of drug-likeness (QED) is 0.641. The second-order valence-electron chi connectivity index (χ2n) is 8.15. The van der Waals surface area contributed by atoms with E-state index in [0.29, 0.717) is 43.7 Å². The lowest BCUT2D eigenvalue weighted by Gasteiger charge is -2.30. The molecule has 1 atom stereocenters. The molecule has 176 valence electrons. The number of ether oxygens (including phenoxy) is 3. The van der Waals surface area contributed by atoms with Gasteiger partial charge in [0.05, 0.1) is 10.5 Å². The van der Waals surface area contributed by atoms with Crippen LogP contribution in [0.2, 0.25) is 0 Å². The van der Waals surface area contributed by atoms with Crippen molar-refractivity contribution in [3.05, 3.63) is 48.0 Å². The number of benzene rings is 2. The van der Waals surface area contributed by atoms with Crippen LogP contribution in [0.25, 0.3) is 0 Å². The molecule has 1 saturated heterocycles. The van der Waals surface area contributed by atoms with Gasteiger partial charge in [0.25, 0.3) is 15.9 Å². The van der Waals surface area contributed by atoms with Gasteiger partial charge >= 0.3 is 5.97 Å². The zero-order valence-electron chi connectivity index (χ0n) is 18.3. The van der Waals surface area contributed by atoms with Gasteiger partial charge in [0.1, 0.15) is 13.2 Å². The normalized spacial score (nSPS) is 17.8. The van der Waals surface area contributed by atoms with Gasteiger partial charge in [0.15, 0.2) is 18.1 Å². The van der Waals surface area contributed by atoms with Crippen LogP contribution < -0.4 is 14.2 Å². The first-order chi connectivity index (χ1) is 15.8. The Morgan fingerprint density at radius 3 is 2.55 bits per heavy atom. The van der Waals surface area contributed by atoms with E-state index in [1.807, 2.05) is 0 Å². The SMILES string of the molecule is CC1CCCN(C(=O)COC(=O)c2ccc(NS(=O)(=O)c3ccc4c(c3)OCCO4)cc2)C1. The van der Waals surface area contributed by atoms with Crippen molar-refractivity contribution in [2.45, 2.75) is 24.7 Å². The fourth-order valence-electron chi connectivity index (χ4n) is 3.80. The van der Waals surface area contributed by atoms with Crippen LogP contribution in [-0.4, -0.2) is 58.1 Å². The Kier molecular flexibility index (Phi) is 6.73. The predicted octanol–water partition coefficient (Wildman–Crippen LogP) is 2.67. The summed E-state index contributed by atoms with van der Waals surface area (Å²) < 4.78 is 43.9. The molecule has 1 amide bonds. The zero-order valence-corrected chi connectivity index (χ0v) is 19.1. The summed E-state index contributed by atoms with van der Waals surface area (Å²) in [5, 5.41) is 0. The monoisotopic (exact) mass is 474 g/mol. The molecule has 0 aromatic heterocycles. The lowest BCUT2D eigenvalue weighted by molar-refractivity contribution is -0.136. The molecule has 4 rings (SSSR count). The lowest BCUT2D eigenvalue weighted by atomic mass is 10.0. The molecule has 1 fully saturated rings. The van der Waals surface area contributed by atoms with Gasteiger partial charge in [0, 0.05) is 24.8 Å². The number of amides is 1. The fourth-order valence-corrected chi connectivity index (χ4v) is 4.87. The van der Waals surface area contributed by atoms with Gasteiger partial charge in [-0.05, 0) is 55.2 Å². The Balaban J connectivity index is 1.34. The molecule has 2 aliphatic rings. The van der Waals surface area contributed by atoms with Crippen molar-refractivity contribution in [2.24, 2.45) is 5.92 Å². The van der Waals surface area contributed by atoms with E-state index in [4.69, 9.17) is 14.2 Å². The van der Waals surface area contributed by atoms with E-state index in [-0.39, 0.29) is 28.7 Å². The number of nitrogens with one attached hydrogen (secondary N) is 1. The highest BCUT2D eigenvalue weighted by atomic mass is 32.2. The number of likely N-dealkylation sites (tertiary alicyclic amines) is 1. The van der Waals surface area contributed by atoms with Crippen LogP contribution in [0, 0.1) is 5.92 Å². The lowest BCUT2D eigenvalue weighted by Crippen LogP contribution is -2.41. The first-order valence-corrected chi connectivity index (χ1v) is 12.3. The summed E-state index contributed by atoms with van der Waals surface area (Å²) in [5.74, 6) is 0.456. The van der Waals surface area contributed by atoms with Crippen molar-refractivity contribution >= 4 is 27.6 Å². The van der Waals surface area contributed by atoms with E-state index in [0.717, 1.165) is 12.8 Å². The molecule has 0 aliphatic carbocycles. The molecular formula is C23H26N2O7S. The van der Waals surface area contributed by atoms with Crippen LogP contribution >= 0.6 is 0 Å². The fraction of sp³-hybridized carbons (Fsp3) is 0.391. The Hall–Kier alpha value is -3.27. The summed E-state index contributed by atoms with van der Waals surface area (Å²) in [6.07, 6.45) is 2.04. The predicted molar refractivity (Wildman–Crippen MR) is 120 cm³/mol. The molecule has 2 aliphatic heterocycles. The highest BCUT2D eigenvalue weighted by Crippen LogP contribution is 2.32. The number of fused-ring (bicyclic) bond motifs is 1. The van der Waals surface area contributed by atoms with Crippen molar-refractivity contribution in [1.29, 1.82) is 0 Å². The minimum absolute atomic E-state index is 0.0285. The standard InChI is InChI=1S/C23H26N2O7S/c1-16-3-2-10-25(14-16)22(26)15-32-23(27)17-4-6-18(7-5-17)24-33(28,29)19-8-9-20-21(13-19)31-12-11-30-20/h4-9,13,16,24H,2-3,10-12,14-15H2,1H3. The van der Waals surface area contributed by atoms with Gasteiger partial charge in [-0.3, -0.25) is 9.52 Å². The molecule has 1 unspecified atom stereocenters. The number of carbonyl (C=O) groups excluding carboxylic acids is 2. The number of nitrogens with zero attached hydrogens (tertiary/aromatic N) is 1. The first-order valence-electron chi connectivity index (χ1n) is 10.8. The second-order valence-corrected chi connectivity index (χ2v) is 9.83. The Morgan fingerprint density at radius 1 is 1.09 bits per heavy atom. The van der Waals surface area contributed by atoms with Crippen LogP contribution in [0.4, 0.5) is 5.69 Å². The number of esters is 1. The van der Waals surface area contributed by atoms with Crippen molar-refractivity contribution in [1.82, 2.24) is 4.90 Å². The summed E-state index contributed by atoms with van der Waals surface area (Å²) in [6.45, 7) is 3.90. The van der Waals surface area contributed by atoms with Gasteiger partial charge < -0.3 is 19.1 Å². The summed E-state index contributed by atoms with van der Waals surface area (Å²) in [4.78, 5) is 26.3. The van der Waals surface area contributed by atoms with E-state index in [1.54, 1.807) is 11.0 Å². The van der Waals surface area contributed by atoms with Crippen LogP contribution in [0.1, 0.15) is 30.1 Å². The van der Waals surface area contributed by atoms with E-state index in [9.17, 15) is 18.0 Å². The maximum absolute atomic E-state index is 12.7. The maximum Gasteiger partial charge on any atom is 0.338 e. The Morgan fingerprint density at radius 2 is 1.82 bits per heavy atom. The number of carbonyl (C=O) groups is 2. The summed E-state index contributed by atoms with van der Waals surface area (Å²) in [7, 11) is -3.87. The number of anilines is 1. The van der Waals surface area contributed by atoms with Crippen molar-refractivity contribution in [3.63, 3.8) is 0 Å². The molecule has 0 saturated carbocycles. The second kappa shape index (κ2) is 9.70. The van der Waals surface area contributed by atoms with E-state index in [2.05, 4.69) is 11.6 Å². The average molecular weight is 475 g/mol. The summed E-state index contributed by atoms with van der Waals surface area (Å²) in [5.41, 5.74) is 0.497. The Labute approximate surface area is 192 Å². The summed E-state index contributed by atoms with van der Waals surface area (Å²) in [6, 6.07) is 10.2. The minimum atomic E-state index is -3.87. The number of hydrogen-bond acceptors (Lipinski definition) is 7. The van der Waals surface area contributed by atoms with Gasteiger partial charge in [-0.25, -0.2) is 13.2 Å². The molecule has 0 bridgehead atoms. The maximum atomic E-state index is 12.7. The molecular weight excluding hydrogens is 448 g/mol. The van der Waals surface area contributed by atoms with Crippen molar-refractivity contribution in [2.75, 3.05) is 37.6 Å². The molecule has 1 N–H and O–H groups in total.